The zero-order chi connectivity index (χ0) is 22.5. The van der Waals surface area contributed by atoms with Crippen molar-refractivity contribution in [2.75, 3.05) is 4.90 Å². The zero-order valence-electron chi connectivity index (χ0n) is 17.2. The van der Waals surface area contributed by atoms with Crippen LogP contribution >= 0.6 is 0 Å². The summed E-state index contributed by atoms with van der Waals surface area (Å²) in [4.78, 5) is 40.5. The number of carbonyl (C=O) groups excluding carboxylic acids is 2. The van der Waals surface area contributed by atoms with Crippen LogP contribution in [0.15, 0.2) is 78.9 Å². The maximum atomic E-state index is 13.8. The smallest absolute Gasteiger partial charge is 0.335 e. The van der Waals surface area contributed by atoms with Crippen molar-refractivity contribution in [3.05, 3.63) is 100 Å². The van der Waals surface area contributed by atoms with E-state index in [2.05, 4.69) is 0 Å². The summed E-state index contributed by atoms with van der Waals surface area (Å²) in [6, 6.07) is 20.7. The van der Waals surface area contributed by atoms with Gasteiger partial charge in [0, 0.05) is 35.4 Å². The van der Waals surface area contributed by atoms with Crippen molar-refractivity contribution in [1.29, 1.82) is 0 Å². The summed E-state index contributed by atoms with van der Waals surface area (Å²) >= 11 is 0. The number of urea groups is 1. The molecule has 0 radical (unpaired) electrons. The molecular formula is C24H19N3O5. The predicted octanol–water partition coefficient (Wildman–Crippen LogP) is 4.92. The highest BCUT2D eigenvalue weighted by Gasteiger charge is 2.55. The number of amides is 3. The third kappa shape index (κ3) is 2.99. The Morgan fingerprint density at radius 2 is 1.69 bits per heavy atom. The summed E-state index contributed by atoms with van der Waals surface area (Å²) in [5.41, 5.74) is 0.454. The minimum Gasteiger partial charge on any atom is -0.467 e. The number of non-ortho nitro benzene ring substituents is 1. The molecule has 1 fully saturated rings. The van der Waals surface area contributed by atoms with E-state index < -0.39 is 28.6 Å². The van der Waals surface area contributed by atoms with Crippen molar-refractivity contribution in [3.8, 4) is 5.75 Å². The summed E-state index contributed by atoms with van der Waals surface area (Å²) < 4.78 is 6.30. The number of nitro groups is 1. The molecule has 2 bridgehead atoms. The molecule has 0 aromatic heterocycles. The van der Waals surface area contributed by atoms with E-state index in [0.29, 0.717) is 17.9 Å². The highest BCUT2D eigenvalue weighted by molar-refractivity contribution is 6.10. The standard InChI is InChI=1S/C24H19N3O5/c1-24-15-20(19-9-5-6-10-21(19)32-24)25(23(29)26(24)17-7-3-2-4-8-17)22(28)16-11-13-18(14-12-16)27(30)31/h2-14,20H,15H2,1H3. The molecule has 3 aromatic rings. The lowest BCUT2D eigenvalue weighted by Gasteiger charge is -2.53. The number of fused-ring (bicyclic) bond motifs is 4. The number of nitro benzene ring substituents is 1. The molecule has 8 nitrogen and oxygen atoms in total. The van der Waals surface area contributed by atoms with E-state index in [1.54, 1.807) is 12.1 Å². The number of benzene rings is 3. The maximum Gasteiger partial charge on any atom is 0.335 e. The number of rotatable bonds is 3. The van der Waals surface area contributed by atoms with Gasteiger partial charge in [-0.2, -0.15) is 0 Å². The Bertz CT molecular complexity index is 1230. The van der Waals surface area contributed by atoms with Gasteiger partial charge in [0.05, 0.1) is 11.0 Å². The van der Waals surface area contributed by atoms with Crippen LogP contribution in [0.25, 0.3) is 0 Å². The van der Waals surface area contributed by atoms with E-state index in [1.807, 2.05) is 49.4 Å². The van der Waals surface area contributed by atoms with Crippen LogP contribution in [0.1, 0.15) is 35.3 Å². The van der Waals surface area contributed by atoms with Crippen LogP contribution in [0.5, 0.6) is 5.75 Å². The minimum absolute atomic E-state index is 0.124. The minimum atomic E-state index is -0.982. The van der Waals surface area contributed by atoms with E-state index in [0.717, 1.165) is 5.56 Å². The molecule has 5 rings (SSSR count). The number of nitrogens with zero attached hydrogens (tertiary/aromatic N) is 3. The van der Waals surface area contributed by atoms with E-state index in [-0.39, 0.29) is 11.3 Å². The highest BCUT2D eigenvalue weighted by atomic mass is 16.6. The lowest BCUT2D eigenvalue weighted by atomic mass is 9.88. The Morgan fingerprint density at radius 3 is 2.38 bits per heavy atom. The van der Waals surface area contributed by atoms with Crippen molar-refractivity contribution < 1.29 is 19.2 Å². The fourth-order valence-corrected chi connectivity index (χ4v) is 4.46. The van der Waals surface area contributed by atoms with Crippen molar-refractivity contribution in [1.82, 2.24) is 4.90 Å². The number of hydrogen-bond acceptors (Lipinski definition) is 5. The molecule has 0 N–H and O–H groups in total. The molecule has 1 saturated heterocycles. The Kier molecular flexibility index (Phi) is 4.44. The van der Waals surface area contributed by atoms with E-state index in [4.69, 9.17) is 4.74 Å². The van der Waals surface area contributed by atoms with Gasteiger partial charge in [0.25, 0.3) is 11.6 Å². The summed E-state index contributed by atoms with van der Waals surface area (Å²) in [7, 11) is 0. The van der Waals surface area contributed by atoms with Crippen LogP contribution < -0.4 is 9.64 Å². The van der Waals surface area contributed by atoms with E-state index in [9.17, 15) is 19.7 Å². The number of anilines is 1. The third-order valence-corrected chi connectivity index (χ3v) is 5.92. The average Bonchev–Trinajstić information content (AvgIpc) is 2.79. The van der Waals surface area contributed by atoms with Gasteiger partial charge in [-0.3, -0.25) is 24.7 Å². The summed E-state index contributed by atoms with van der Waals surface area (Å²) in [6.45, 7) is 1.84. The number of hydrogen-bond donors (Lipinski definition) is 0. The normalized spacial score (nSPS) is 21.5. The van der Waals surface area contributed by atoms with Crippen molar-refractivity contribution in [3.63, 3.8) is 0 Å². The molecule has 3 aromatic carbocycles. The van der Waals surface area contributed by atoms with Gasteiger partial charge < -0.3 is 4.74 Å². The van der Waals surface area contributed by atoms with Gasteiger partial charge in [-0.25, -0.2) is 4.79 Å². The van der Waals surface area contributed by atoms with E-state index in [1.165, 1.54) is 34.1 Å². The SMILES string of the molecule is CC12CC(c3ccccc3O1)N(C(=O)c1ccc([N+](=O)[O-])cc1)C(=O)N2c1ccccc1. The summed E-state index contributed by atoms with van der Waals surface area (Å²) in [5.74, 6) is 0.0933. The van der Waals surface area contributed by atoms with Crippen LogP contribution in [0.2, 0.25) is 0 Å². The van der Waals surface area contributed by atoms with Gasteiger partial charge in [0.15, 0.2) is 5.72 Å². The molecule has 2 heterocycles. The largest absolute Gasteiger partial charge is 0.467 e. The van der Waals surface area contributed by atoms with Gasteiger partial charge in [-0.15, -0.1) is 0 Å². The number of para-hydroxylation sites is 2. The topological polar surface area (TPSA) is 93.0 Å². The Morgan fingerprint density at radius 1 is 1.03 bits per heavy atom. The molecule has 0 aliphatic carbocycles. The lowest BCUT2D eigenvalue weighted by molar-refractivity contribution is -0.384. The maximum absolute atomic E-state index is 13.8. The number of carbonyl (C=O) groups is 2. The highest BCUT2D eigenvalue weighted by Crippen LogP contribution is 2.49. The lowest BCUT2D eigenvalue weighted by Crippen LogP contribution is -2.67. The van der Waals surface area contributed by atoms with Crippen LogP contribution in [-0.4, -0.2) is 27.5 Å². The first-order valence-corrected chi connectivity index (χ1v) is 10.1. The van der Waals surface area contributed by atoms with Crippen LogP contribution in [0.3, 0.4) is 0 Å². The Hall–Kier alpha value is -4.20. The van der Waals surface area contributed by atoms with Crippen molar-refractivity contribution >= 4 is 23.3 Å². The van der Waals surface area contributed by atoms with Crippen molar-refractivity contribution in [2.45, 2.75) is 25.1 Å². The quantitative estimate of drug-likeness (QED) is 0.435. The average molecular weight is 429 g/mol. The first-order chi connectivity index (χ1) is 15.4. The van der Waals surface area contributed by atoms with E-state index >= 15 is 0 Å². The van der Waals surface area contributed by atoms with Gasteiger partial charge in [0.1, 0.15) is 5.75 Å². The molecular weight excluding hydrogens is 410 g/mol. The zero-order valence-corrected chi connectivity index (χ0v) is 17.2. The molecule has 160 valence electrons. The fraction of sp³-hybridized carbons (Fsp3) is 0.167. The molecule has 2 aliphatic rings. The third-order valence-electron chi connectivity index (χ3n) is 5.92. The van der Waals surface area contributed by atoms with Crippen LogP contribution in [0.4, 0.5) is 16.2 Å². The van der Waals surface area contributed by atoms with Crippen molar-refractivity contribution in [2.24, 2.45) is 0 Å². The summed E-state index contributed by atoms with van der Waals surface area (Å²) in [5, 5.41) is 11.0. The monoisotopic (exact) mass is 429 g/mol. The van der Waals surface area contributed by atoms with Gasteiger partial charge in [0.2, 0.25) is 0 Å². The molecule has 2 atom stereocenters. The second-order valence-electron chi connectivity index (χ2n) is 7.97. The second kappa shape index (κ2) is 7.19. The molecule has 0 saturated carbocycles. The van der Waals surface area contributed by atoms with Gasteiger partial charge in [-0.1, -0.05) is 36.4 Å². The van der Waals surface area contributed by atoms with Crippen LogP contribution in [-0.2, 0) is 0 Å². The molecule has 8 heteroatoms. The molecule has 32 heavy (non-hydrogen) atoms. The summed E-state index contributed by atoms with van der Waals surface area (Å²) in [6.07, 6.45) is 0.378. The number of ether oxygens (including phenoxy) is 1. The van der Waals surface area contributed by atoms with Crippen LogP contribution in [0, 0.1) is 10.1 Å². The number of imide groups is 1. The molecule has 0 spiro atoms. The molecule has 3 amide bonds. The van der Waals surface area contributed by atoms with Gasteiger partial charge >= 0.3 is 6.03 Å². The molecule has 2 unspecified atom stereocenters. The Balaban J connectivity index is 1.63. The van der Waals surface area contributed by atoms with Gasteiger partial charge in [-0.05, 0) is 37.3 Å². The fourth-order valence-electron chi connectivity index (χ4n) is 4.46. The first-order valence-electron chi connectivity index (χ1n) is 10.1. The first kappa shape index (κ1) is 19.7. The Labute approximate surface area is 183 Å². The molecule has 2 aliphatic heterocycles. The second-order valence-corrected chi connectivity index (χ2v) is 7.97. The predicted molar refractivity (Wildman–Crippen MR) is 116 cm³/mol.